The van der Waals surface area contributed by atoms with Gasteiger partial charge in [-0.05, 0) is 31.6 Å². The molecule has 1 saturated heterocycles. The van der Waals surface area contributed by atoms with Gasteiger partial charge >= 0.3 is 0 Å². The SMILES string of the molecule is C=CCCCCCCCC[C@H]1OCC(C)(C)[C@H](C(C)C)O1. The third-order valence-corrected chi connectivity index (χ3v) is 4.41. The molecule has 0 aromatic carbocycles. The van der Waals surface area contributed by atoms with Crippen molar-refractivity contribution in [3.05, 3.63) is 12.7 Å². The summed E-state index contributed by atoms with van der Waals surface area (Å²) in [6.45, 7) is 13.6. The molecule has 0 aromatic rings. The van der Waals surface area contributed by atoms with Gasteiger partial charge in [-0.15, -0.1) is 6.58 Å². The molecule has 0 N–H and O–H groups in total. The Labute approximate surface area is 132 Å². The van der Waals surface area contributed by atoms with Crippen LogP contribution in [0.3, 0.4) is 0 Å². The molecular formula is C19H36O2. The first-order chi connectivity index (χ1) is 9.97. The van der Waals surface area contributed by atoms with Crippen molar-refractivity contribution in [3.63, 3.8) is 0 Å². The van der Waals surface area contributed by atoms with Gasteiger partial charge in [-0.25, -0.2) is 0 Å². The van der Waals surface area contributed by atoms with Gasteiger partial charge in [0.25, 0.3) is 0 Å². The van der Waals surface area contributed by atoms with Gasteiger partial charge in [0, 0.05) is 5.41 Å². The standard InChI is InChI=1S/C19H36O2/c1-6-7-8-9-10-11-12-13-14-17-20-15-19(4,5)18(21-17)16(2)3/h6,16-18H,1,7-15H2,2-5H3/t17-,18-/m0/s1. The molecule has 1 rings (SSSR count). The van der Waals surface area contributed by atoms with Crippen LogP contribution in [0.5, 0.6) is 0 Å². The van der Waals surface area contributed by atoms with E-state index in [0.717, 1.165) is 19.4 Å². The van der Waals surface area contributed by atoms with E-state index in [0.29, 0.717) is 12.0 Å². The Morgan fingerprint density at radius 1 is 1.10 bits per heavy atom. The molecule has 0 spiro atoms. The van der Waals surface area contributed by atoms with Crippen molar-refractivity contribution in [1.29, 1.82) is 0 Å². The van der Waals surface area contributed by atoms with Gasteiger partial charge in [-0.1, -0.05) is 59.5 Å². The number of rotatable bonds is 10. The summed E-state index contributed by atoms with van der Waals surface area (Å²) in [5.74, 6) is 0.552. The summed E-state index contributed by atoms with van der Waals surface area (Å²) in [7, 11) is 0. The minimum Gasteiger partial charge on any atom is -0.352 e. The van der Waals surface area contributed by atoms with E-state index < -0.39 is 0 Å². The highest BCUT2D eigenvalue weighted by atomic mass is 16.7. The van der Waals surface area contributed by atoms with Crippen molar-refractivity contribution in [1.82, 2.24) is 0 Å². The van der Waals surface area contributed by atoms with Crippen molar-refractivity contribution in [2.24, 2.45) is 11.3 Å². The molecule has 0 unspecified atom stereocenters. The maximum Gasteiger partial charge on any atom is 0.158 e. The van der Waals surface area contributed by atoms with Gasteiger partial charge in [0.05, 0.1) is 12.7 Å². The van der Waals surface area contributed by atoms with Gasteiger partial charge in [-0.2, -0.15) is 0 Å². The molecular weight excluding hydrogens is 260 g/mol. The Balaban J connectivity index is 2.12. The Hall–Kier alpha value is -0.340. The Morgan fingerprint density at radius 3 is 2.33 bits per heavy atom. The van der Waals surface area contributed by atoms with Gasteiger partial charge in [0.1, 0.15) is 0 Å². The normalized spacial score (nSPS) is 25.2. The van der Waals surface area contributed by atoms with Gasteiger partial charge in [-0.3, -0.25) is 0 Å². The minimum absolute atomic E-state index is 0.0196. The van der Waals surface area contributed by atoms with Crippen molar-refractivity contribution in [2.45, 2.75) is 91.5 Å². The number of allylic oxidation sites excluding steroid dienone is 1. The molecule has 0 aromatic heterocycles. The second kappa shape index (κ2) is 9.63. The third-order valence-electron chi connectivity index (χ3n) is 4.41. The molecule has 0 amide bonds. The van der Waals surface area contributed by atoms with Crippen LogP contribution >= 0.6 is 0 Å². The van der Waals surface area contributed by atoms with Gasteiger partial charge < -0.3 is 9.47 Å². The zero-order chi connectivity index (χ0) is 15.7. The quantitative estimate of drug-likeness (QED) is 0.379. The average Bonchev–Trinajstić information content (AvgIpc) is 2.42. The van der Waals surface area contributed by atoms with Crippen molar-refractivity contribution in [3.8, 4) is 0 Å². The van der Waals surface area contributed by atoms with Crippen LogP contribution in [0.2, 0.25) is 0 Å². The Kier molecular flexibility index (Phi) is 8.58. The average molecular weight is 296 g/mol. The molecule has 2 heteroatoms. The highest BCUT2D eigenvalue weighted by Crippen LogP contribution is 2.35. The van der Waals surface area contributed by atoms with Gasteiger partial charge in [0.15, 0.2) is 6.29 Å². The summed E-state index contributed by atoms with van der Waals surface area (Å²) < 4.78 is 12.1. The summed E-state index contributed by atoms with van der Waals surface area (Å²) in [5.41, 5.74) is 0.135. The zero-order valence-corrected chi connectivity index (χ0v) is 14.7. The molecule has 2 atom stereocenters. The van der Waals surface area contributed by atoms with Crippen LogP contribution in [0.15, 0.2) is 12.7 Å². The van der Waals surface area contributed by atoms with Crippen LogP contribution in [0.25, 0.3) is 0 Å². The van der Waals surface area contributed by atoms with Crippen molar-refractivity contribution in [2.75, 3.05) is 6.61 Å². The molecule has 21 heavy (non-hydrogen) atoms. The second-order valence-corrected chi connectivity index (χ2v) is 7.52. The van der Waals surface area contributed by atoms with Gasteiger partial charge in [0.2, 0.25) is 0 Å². The fourth-order valence-corrected chi connectivity index (χ4v) is 3.29. The number of hydrogen-bond acceptors (Lipinski definition) is 2. The highest BCUT2D eigenvalue weighted by Gasteiger charge is 2.39. The molecule has 1 aliphatic heterocycles. The topological polar surface area (TPSA) is 18.5 Å². The van der Waals surface area contributed by atoms with E-state index >= 15 is 0 Å². The molecule has 0 bridgehead atoms. The molecule has 1 fully saturated rings. The first-order valence-corrected chi connectivity index (χ1v) is 8.85. The van der Waals surface area contributed by atoms with E-state index in [1.54, 1.807) is 0 Å². The number of hydrogen-bond donors (Lipinski definition) is 0. The lowest BCUT2D eigenvalue weighted by molar-refractivity contribution is -0.271. The highest BCUT2D eigenvalue weighted by molar-refractivity contribution is 4.84. The predicted octanol–water partition coefficient (Wildman–Crippen LogP) is 5.72. The van der Waals surface area contributed by atoms with E-state index in [-0.39, 0.29) is 11.7 Å². The second-order valence-electron chi connectivity index (χ2n) is 7.52. The lowest BCUT2D eigenvalue weighted by Gasteiger charge is -2.44. The molecule has 1 heterocycles. The smallest absolute Gasteiger partial charge is 0.158 e. The van der Waals surface area contributed by atoms with Crippen LogP contribution in [0, 0.1) is 11.3 Å². The lowest BCUT2D eigenvalue weighted by atomic mass is 9.80. The largest absolute Gasteiger partial charge is 0.352 e. The third kappa shape index (κ3) is 6.97. The van der Waals surface area contributed by atoms with E-state index in [1.807, 2.05) is 6.08 Å². The van der Waals surface area contributed by atoms with Crippen LogP contribution < -0.4 is 0 Å². The summed E-state index contributed by atoms with van der Waals surface area (Å²) in [4.78, 5) is 0. The van der Waals surface area contributed by atoms with Crippen molar-refractivity contribution < 1.29 is 9.47 Å². The summed E-state index contributed by atoms with van der Waals surface area (Å²) >= 11 is 0. The molecule has 1 aliphatic rings. The first-order valence-electron chi connectivity index (χ1n) is 8.85. The molecule has 0 aliphatic carbocycles. The minimum atomic E-state index is 0.0196. The summed E-state index contributed by atoms with van der Waals surface area (Å²) in [5, 5.41) is 0. The molecule has 0 saturated carbocycles. The maximum absolute atomic E-state index is 6.19. The fourth-order valence-electron chi connectivity index (χ4n) is 3.29. The monoisotopic (exact) mass is 296 g/mol. The van der Waals surface area contributed by atoms with E-state index in [9.17, 15) is 0 Å². The number of unbranched alkanes of at least 4 members (excludes halogenated alkanes) is 6. The summed E-state index contributed by atoms with van der Waals surface area (Å²) in [6, 6.07) is 0. The summed E-state index contributed by atoms with van der Waals surface area (Å²) in [6.07, 6.45) is 12.4. The lowest BCUT2D eigenvalue weighted by Crippen LogP contribution is -2.48. The Bertz CT molecular complexity index is 283. The Morgan fingerprint density at radius 2 is 1.71 bits per heavy atom. The fraction of sp³-hybridized carbons (Fsp3) is 0.895. The van der Waals surface area contributed by atoms with Crippen LogP contribution in [-0.4, -0.2) is 19.0 Å². The number of ether oxygens (including phenoxy) is 2. The maximum atomic E-state index is 6.19. The van der Waals surface area contributed by atoms with E-state index in [2.05, 4.69) is 34.3 Å². The first kappa shape index (κ1) is 18.7. The van der Waals surface area contributed by atoms with Crippen molar-refractivity contribution >= 4 is 0 Å². The van der Waals surface area contributed by atoms with E-state index in [1.165, 1.54) is 38.5 Å². The molecule has 2 nitrogen and oxygen atoms in total. The van der Waals surface area contributed by atoms with Crippen LogP contribution in [0.4, 0.5) is 0 Å². The van der Waals surface area contributed by atoms with E-state index in [4.69, 9.17) is 9.47 Å². The molecule has 0 radical (unpaired) electrons. The molecule has 124 valence electrons. The van der Waals surface area contributed by atoms with Crippen LogP contribution in [-0.2, 0) is 9.47 Å². The van der Waals surface area contributed by atoms with Crippen LogP contribution in [0.1, 0.15) is 79.1 Å². The zero-order valence-electron chi connectivity index (χ0n) is 14.7. The predicted molar refractivity (Wildman–Crippen MR) is 90.4 cm³/mol.